The van der Waals surface area contributed by atoms with Gasteiger partial charge >= 0.3 is 5.97 Å². The first kappa shape index (κ1) is 22.1. The highest BCUT2D eigenvalue weighted by Gasteiger charge is 2.16. The Morgan fingerprint density at radius 3 is 2.63 bits per heavy atom. The minimum absolute atomic E-state index is 0.166. The topological polar surface area (TPSA) is 95.9 Å². The second kappa shape index (κ2) is 9.64. The summed E-state index contributed by atoms with van der Waals surface area (Å²) in [5, 5.41) is 5.80. The number of fused-ring (bicyclic) bond motifs is 2. The Balaban J connectivity index is 1.50. The predicted octanol–water partition coefficient (Wildman–Crippen LogP) is 4.63. The molecule has 5 rings (SSSR count). The minimum Gasteiger partial charge on any atom is -0.482 e. The van der Waals surface area contributed by atoms with Crippen LogP contribution in [-0.2, 0) is 9.53 Å². The lowest BCUT2D eigenvalue weighted by Crippen LogP contribution is -2.20. The van der Waals surface area contributed by atoms with Crippen molar-refractivity contribution in [2.24, 2.45) is 5.10 Å². The summed E-state index contributed by atoms with van der Waals surface area (Å²) in [7, 11) is 0. The maximum Gasteiger partial charge on any atom is 0.344 e. The summed E-state index contributed by atoms with van der Waals surface area (Å²) in [5.74, 6) is 0.826. The van der Waals surface area contributed by atoms with Crippen LogP contribution in [0.1, 0.15) is 12.5 Å². The molecule has 0 aliphatic heterocycles. The summed E-state index contributed by atoms with van der Waals surface area (Å²) < 4.78 is 17.5. The minimum atomic E-state index is -0.431. The SMILES string of the molecule is CCOC(=O)COc1ccc(C=Nn2c(-c3cc4ccccc4o3)nc3ccccc3c2=O)cc1. The van der Waals surface area contributed by atoms with E-state index >= 15 is 0 Å². The van der Waals surface area contributed by atoms with Crippen LogP contribution in [0.5, 0.6) is 5.75 Å². The number of hydrogen-bond donors (Lipinski definition) is 0. The lowest BCUT2D eigenvalue weighted by atomic mass is 10.2. The summed E-state index contributed by atoms with van der Waals surface area (Å²) in [6.45, 7) is 1.87. The average molecular weight is 467 g/mol. The monoisotopic (exact) mass is 467 g/mol. The summed E-state index contributed by atoms with van der Waals surface area (Å²) in [5.41, 5.74) is 1.67. The van der Waals surface area contributed by atoms with E-state index in [2.05, 4.69) is 10.1 Å². The van der Waals surface area contributed by atoms with E-state index in [0.717, 1.165) is 10.9 Å². The quantitative estimate of drug-likeness (QED) is 0.256. The second-order valence-corrected chi connectivity index (χ2v) is 7.63. The molecule has 0 fully saturated rings. The smallest absolute Gasteiger partial charge is 0.344 e. The Labute approximate surface area is 200 Å². The number of nitrogens with zero attached hydrogens (tertiary/aromatic N) is 3. The van der Waals surface area contributed by atoms with Gasteiger partial charge in [-0.05, 0) is 61.0 Å². The van der Waals surface area contributed by atoms with Gasteiger partial charge in [0.15, 0.2) is 12.4 Å². The van der Waals surface area contributed by atoms with Crippen molar-refractivity contribution in [2.75, 3.05) is 13.2 Å². The maximum atomic E-state index is 13.3. The van der Waals surface area contributed by atoms with E-state index < -0.39 is 5.97 Å². The molecule has 0 atom stereocenters. The van der Waals surface area contributed by atoms with Crippen molar-refractivity contribution in [3.8, 4) is 17.3 Å². The fourth-order valence-electron chi connectivity index (χ4n) is 3.60. The van der Waals surface area contributed by atoms with Gasteiger partial charge in [0.1, 0.15) is 11.3 Å². The molecule has 2 heterocycles. The lowest BCUT2D eigenvalue weighted by Gasteiger charge is -2.07. The third-order valence-electron chi connectivity index (χ3n) is 5.26. The molecule has 0 unspecified atom stereocenters. The highest BCUT2D eigenvalue weighted by atomic mass is 16.6. The average Bonchev–Trinajstić information content (AvgIpc) is 3.32. The number of aromatic nitrogens is 2. The number of furan rings is 1. The molecule has 8 nitrogen and oxygen atoms in total. The second-order valence-electron chi connectivity index (χ2n) is 7.63. The molecule has 35 heavy (non-hydrogen) atoms. The number of esters is 1. The van der Waals surface area contributed by atoms with E-state index in [1.54, 1.807) is 55.6 Å². The van der Waals surface area contributed by atoms with Crippen LogP contribution in [0.25, 0.3) is 33.5 Å². The van der Waals surface area contributed by atoms with Gasteiger partial charge in [-0.2, -0.15) is 9.78 Å². The number of hydrogen-bond acceptors (Lipinski definition) is 7. The molecule has 8 heteroatoms. The summed E-state index contributed by atoms with van der Waals surface area (Å²) in [6.07, 6.45) is 1.55. The molecule has 2 aromatic heterocycles. The molecule has 3 aromatic carbocycles. The Bertz CT molecular complexity index is 1570. The van der Waals surface area contributed by atoms with Gasteiger partial charge in [-0.25, -0.2) is 9.78 Å². The van der Waals surface area contributed by atoms with Gasteiger partial charge in [-0.15, -0.1) is 0 Å². The van der Waals surface area contributed by atoms with Gasteiger partial charge < -0.3 is 13.9 Å². The molecule has 0 N–H and O–H groups in total. The van der Waals surface area contributed by atoms with E-state index in [1.807, 2.05) is 36.4 Å². The summed E-state index contributed by atoms with van der Waals surface area (Å²) in [4.78, 5) is 29.5. The number of benzene rings is 3. The molecular formula is C27H21N3O5. The normalized spacial score (nSPS) is 11.3. The highest BCUT2D eigenvalue weighted by Crippen LogP contribution is 2.27. The molecule has 5 aromatic rings. The fraction of sp³-hybridized carbons (Fsp3) is 0.111. The summed E-state index contributed by atoms with van der Waals surface area (Å²) in [6, 6.07) is 23.5. The van der Waals surface area contributed by atoms with E-state index in [-0.39, 0.29) is 12.2 Å². The fourth-order valence-corrected chi connectivity index (χ4v) is 3.60. The Kier molecular flexibility index (Phi) is 6.09. The Hall–Kier alpha value is -4.72. The Morgan fingerprint density at radius 1 is 1.06 bits per heavy atom. The van der Waals surface area contributed by atoms with Gasteiger partial charge in [0.25, 0.3) is 5.56 Å². The summed E-state index contributed by atoms with van der Waals surface area (Å²) >= 11 is 0. The van der Waals surface area contributed by atoms with Crippen molar-refractivity contribution < 1.29 is 18.7 Å². The van der Waals surface area contributed by atoms with Crippen molar-refractivity contribution in [1.29, 1.82) is 0 Å². The zero-order valence-corrected chi connectivity index (χ0v) is 18.9. The van der Waals surface area contributed by atoms with Crippen molar-refractivity contribution in [1.82, 2.24) is 9.66 Å². The van der Waals surface area contributed by atoms with Crippen LogP contribution in [-0.4, -0.2) is 35.1 Å². The van der Waals surface area contributed by atoms with Crippen molar-refractivity contribution in [2.45, 2.75) is 6.92 Å². The molecule has 174 valence electrons. The zero-order chi connectivity index (χ0) is 24.2. The molecule has 0 radical (unpaired) electrons. The van der Waals surface area contributed by atoms with E-state index in [1.165, 1.54) is 4.68 Å². The van der Waals surface area contributed by atoms with Crippen LogP contribution in [0.3, 0.4) is 0 Å². The predicted molar refractivity (Wildman–Crippen MR) is 133 cm³/mol. The third kappa shape index (κ3) is 4.67. The van der Waals surface area contributed by atoms with Gasteiger partial charge in [0, 0.05) is 5.39 Å². The number of carbonyl (C=O) groups is 1. The van der Waals surface area contributed by atoms with Crippen molar-refractivity contribution in [3.63, 3.8) is 0 Å². The van der Waals surface area contributed by atoms with E-state index in [4.69, 9.17) is 13.9 Å². The van der Waals surface area contributed by atoms with Crippen LogP contribution < -0.4 is 10.3 Å². The van der Waals surface area contributed by atoms with Gasteiger partial charge in [-0.1, -0.05) is 30.3 Å². The standard InChI is InChI=1S/C27H21N3O5/c1-2-33-25(31)17-34-20-13-11-18(12-14-20)16-28-30-26(24-15-19-7-3-6-10-23(19)35-24)29-22-9-5-4-8-21(22)27(30)32/h3-16H,2,17H2,1H3. The molecular weight excluding hydrogens is 446 g/mol. The maximum absolute atomic E-state index is 13.3. The largest absolute Gasteiger partial charge is 0.482 e. The first-order chi connectivity index (χ1) is 17.1. The molecule has 0 saturated carbocycles. The van der Waals surface area contributed by atoms with Crippen LogP contribution in [0.4, 0.5) is 0 Å². The molecule has 0 amide bonds. The number of carbonyl (C=O) groups excluding carboxylic acids is 1. The highest BCUT2D eigenvalue weighted by molar-refractivity contribution is 5.84. The van der Waals surface area contributed by atoms with Crippen molar-refractivity contribution in [3.05, 3.63) is 94.8 Å². The van der Waals surface area contributed by atoms with Gasteiger partial charge in [0.2, 0.25) is 5.82 Å². The number of ether oxygens (including phenoxy) is 2. The van der Waals surface area contributed by atoms with Crippen molar-refractivity contribution >= 4 is 34.1 Å². The zero-order valence-electron chi connectivity index (χ0n) is 18.9. The lowest BCUT2D eigenvalue weighted by molar-refractivity contribution is -0.145. The number of rotatable bonds is 7. The molecule has 0 spiro atoms. The van der Waals surface area contributed by atoms with Crippen LogP contribution >= 0.6 is 0 Å². The molecule has 0 saturated heterocycles. The number of para-hydroxylation sites is 2. The first-order valence-electron chi connectivity index (χ1n) is 11.1. The van der Waals surface area contributed by atoms with Gasteiger partial charge in [-0.3, -0.25) is 4.79 Å². The first-order valence-corrected chi connectivity index (χ1v) is 11.1. The molecule has 0 aliphatic rings. The van der Waals surface area contributed by atoms with E-state index in [0.29, 0.717) is 40.4 Å². The molecule has 0 bridgehead atoms. The Morgan fingerprint density at radius 2 is 1.83 bits per heavy atom. The van der Waals surface area contributed by atoms with Gasteiger partial charge in [0.05, 0.1) is 23.7 Å². The van der Waals surface area contributed by atoms with Crippen LogP contribution in [0, 0.1) is 0 Å². The molecule has 0 aliphatic carbocycles. The van der Waals surface area contributed by atoms with Crippen LogP contribution in [0.15, 0.2) is 93.2 Å². The van der Waals surface area contributed by atoms with Crippen LogP contribution in [0.2, 0.25) is 0 Å². The van der Waals surface area contributed by atoms with E-state index in [9.17, 15) is 9.59 Å². The third-order valence-corrected chi connectivity index (χ3v) is 5.26.